The zero-order chi connectivity index (χ0) is 28.4. The number of hydrogen-bond acceptors (Lipinski definition) is 5. The van der Waals surface area contributed by atoms with Gasteiger partial charge in [0.15, 0.2) is 5.11 Å². The molecule has 1 aliphatic heterocycles. The Bertz CT molecular complexity index is 1560. The van der Waals surface area contributed by atoms with Gasteiger partial charge in [-0.05, 0) is 86.2 Å². The van der Waals surface area contributed by atoms with E-state index in [9.17, 15) is 9.18 Å². The van der Waals surface area contributed by atoms with E-state index in [0.717, 1.165) is 34.0 Å². The Hall–Kier alpha value is -4.28. The average Bonchev–Trinajstić information content (AvgIpc) is 3.44. The number of methoxy groups -OCH3 is 2. The maximum atomic E-state index is 14.2. The summed E-state index contributed by atoms with van der Waals surface area (Å²) in [5.74, 6) is -0.0976. The van der Waals surface area contributed by atoms with E-state index < -0.39 is 0 Å². The lowest BCUT2D eigenvalue weighted by Crippen LogP contribution is -2.29. The van der Waals surface area contributed by atoms with Gasteiger partial charge in [-0.3, -0.25) is 9.78 Å². The summed E-state index contributed by atoms with van der Waals surface area (Å²) in [5.41, 5.74) is 5.73. The molecule has 40 heavy (non-hydrogen) atoms. The monoisotopic (exact) mass is 559 g/mol. The van der Waals surface area contributed by atoms with E-state index in [4.69, 9.17) is 21.7 Å². The molecule has 0 spiro atoms. The zero-order valence-corrected chi connectivity index (χ0v) is 23.5. The molecule has 1 fully saturated rings. The van der Waals surface area contributed by atoms with Crippen molar-refractivity contribution in [2.75, 3.05) is 31.0 Å². The Balaban J connectivity index is 1.65. The normalized spacial score (nSPS) is 16.6. The van der Waals surface area contributed by atoms with Crippen LogP contribution in [0.3, 0.4) is 0 Å². The second kappa shape index (κ2) is 11.4. The number of hydrogen-bond donors (Lipinski definition) is 2. The van der Waals surface area contributed by atoms with Gasteiger partial charge < -0.3 is 29.6 Å². The molecule has 1 aliphatic rings. The van der Waals surface area contributed by atoms with Crippen molar-refractivity contribution < 1.29 is 18.7 Å². The van der Waals surface area contributed by atoms with Crippen LogP contribution < -0.4 is 20.3 Å². The molecule has 8 nitrogen and oxygen atoms in total. The summed E-state index contributed by atoms with van der Waals surface area (Å²) < 4.78 is 26.7. The van der Waals surface area contributed by atoms with E-state index in [0.29, 0.717) is 16.5 Å². The fourth-order valence-corrected chi connectivity index (χ4v) is 5.66. The third-order valence-electron chi connectivity index (χ3n) is 6.96. The highest BCUT2D eigenvalue weighted by Crippen LogP contribution is 2.45. The fourth-order valence-electron chi connectivity index (χ4n) is 5.31. The van der Waals surface area contributed by atoms with E-state index in [1.807, 2.05) is 59.7 Å². The molecule has 206 valence electrons. The number of nitrogens with one attached hydrogen (secondary N) is 2. The summed E-state index contributed by atoms with van der Waals surface area (Å²) in [6.45, 7) is 3.93. The van der Waals surface area contributed by atoms with E-state index >= 15 is 0 Å². The van der Waals surface area contributed by atoms with Crippen molar-refractivity contribution in [3.05, 3.63) is 101 Å². The van der Waals surface area contributed by atoms with Crippen LogP contribution in [0, 0.1) is 19.7 Å². The van der Waals surface area contributed by atoms with Crippen LogP contribution >= 0.6 is 12.2 Å². The quantitative estimate of drug-likeness (QED) is 0.280. The third kappa shape index (κ3) is 5.15. The first-order valence-electron chi connectivity index (χ1n) is 12.7. The molecule has 2 aromatic heterocycles. The predicted octanol–water partition coefficient (Wildman–Crippen LogP) is 5.40. The maximum absolute atomic E-state index is 14.2. The lowest BCUT2D eigenvalue weighted by atomic mass is 9.96. The fraction of sp³-hybridized carbons (Fsp3) is 0.233. The number of carbonyl (C=O) groups is 1. The predicted molar refractivity (Wildman–Crippen MR) is 157 cm³/mol. The number of aryl methyl sites for hydroxylation is 1. The maximum Gasteiger partial charge on any atom is 0.250 e. The molecule has 0 radical (unpaired) electrons. The van der Waals surface area contributed by atoms with Crippen LogP contribution in [0.15, 0.2) is 72.9 Å². The van der Waals surface area contributed by atoms with Crippen molar-refractivity contribution in [2.24, 2.45) is 0 Å². The molecule has 1 saturated heterocycles. The van der Waals surface area contributed by atoms with Crippen molar-refractivity contribution in [3.63, 3.8) is 0 Å². The molecule has 2 aromatic carbocycles. The van der Waals surface area contributed by atoms with Gasteiger partial charge in [0.2, 0.25) is 5.91 Å². The Morgan fingerprint density at radius 3 is 2.60 bits per heavy atom. The molecular formula is C30H30FN5O3S. The number of ether oxygens (including phenoxy) is 2. The first kappa shape index (κ1) is 27.3. The number of halogens is 1. The number of nitrogens with zero attached hydrogens (tertiary/aromatic N) is 3. The summed E-state index contributed by atoms with van der Waals surface area (Å²) >= 11 is 5.90. The highest BCUT2D eigenvalue weighted by Gasteiger charge is 2.42. The number of pyridine rings is 1. The van der Waals surface area contributed by atoms with Gasteiger partial charge in [0.05, 0.1) is 30.6 Å². The molecule has 0 aliphatic carbocycles. The molecule has 0 saturated carbocycles. The lowest BCUT2D eigenvalue weighted by molar-refractivity contribution is -0.119. The highest BCUT2D eigenvalue weighted by atomic mass is 32.1. The smallest absolute Gasteiger partial charge is 0.250 e. The van der Waals surface area contributed by atoms with Crippen molar-refractivity contribution >= 4 is 34.6 Å². The number of aromatic nitrogens is 2. The van der Waals surface area contributed by atoms with Crippen LogP contribution in [-0.2, 0) is 9.53 Å². The van der Waals surface area contributed by atoms with Gasteiger partial charge in [0, 0.05) is 36.1 Å². The molecule has 2 atom stereocenters. The summed E-state index contributed by atoms with van der Waals surface area (Å²) in [6, 6.07) is 19.4. The second-order valence-corrected chi connectivity index (χ2v) is 9.89. The van der Waals surface area contributed by atoms with E-state index in [1.165, 1.54) is 19.2 Å². The van der Waals surface area contributed by atoms with Gasteiger partial charge in [-0.2, -0.15) is 0 Å². The Morgan fingerprint density at radius 2 is 1.90 bits per heavy atom. The number of benzene rings is 2. The topological polar surface area (TPSA) is 80.7 Å². The minimum Gasteiger partial charge on any atom is -0.495 e. The standard InChI is InChI=1S/C30H30FN5O3S/c1-18-14-23(19(2)35(18)21-9-7-8-20(31)15-21)29-28(24-10-5-6-13-32-24)34-30(40)36(29)22-11-12-26(39-4)25(16-22)33-27(37)17-38-3/h5-16,28-29H,17H2,1-4H3,(H,33,37)(H,34,40)/t28-,29+/m1/s1. The number of carbonyl (C=O) groups excluding carboxylic acids is 1. The van der Waals surface area contributed by atoms with Crippen LogP contribution in [0.25, 0.3) is 5.69 Å². The van der Waals surface area contributed by atoms with Crippen LogP contribution in [0.5, 0.6) is 5.75 Å². The van der Waals surface area contributed by atoms with Crippen LogP contribution in [0.1, 0.15) is 34.7 Å². The van der Waals surface area contributed by atoms with Crippen molar-refractivity contribution in [2.45, 2.75) is 25.9 Å². The molecule has 3 heterocycles. The van der Waals surface area contributed by atoms with E-state index in [1.54, 1.807) is 25.4 Å². The average molecular weight is 560 g/mol. The molecule has 5 rings (SSSR count). The second-order valence-electron chi connectivity index (χ2n) is 9.50. The van der Waals surface area contributed by atoms with Gasteiger partial charge in [-0.15, -0.1) is 0 Å². The summed E-state index contributed by atoms with van der Waals surface area (Å²) in [5, 5.41) is 6.84. The number of thiocarbonyl (C=S) groups is 1. The molecule has 0 unspecified atom stereocenters. The minimum atomic E-state index is -0.304. The molecule has 1 amide bonds. The van der Waals surface area contributed by atoms with Crippen LogP contribution in [-0.4, -0.2) is 41.4 Å². The zero-order valence-electron chi connectivity index (χ0n) is 22.6. The molecule has 2 N–H and O–H groups in total. The molecule has 10 heteroatoms. The molecule has 0 bridgehead atoms. The summed E-state index contributed by atoms with van der Waals surface area (Å²) in [4.78, 5) is 19.0. The van der Waals surface area contributed by atoms with Crippen molar-refractivity contribution in [1.29, 1.82) is 0 Å². The summed E-state index contributed by atoms with van der Waals surface area (Å²) in [6.07, 6.45) is 1.76. The van der Waals surface area contributed by atoms with Gasteiger partial charge in [-0.1, -0.05) is 12.1 Å². The first-order valence-corrected chi connectivity index (χ1v) is 13.2. The Morgan fingerprint density at radius 1 is 1.07 bits per heavy atom. The minimum absolute atomic E-state index is 0.0898. The SMILES string of the molecule is COCC(=O)Nc1cc(N2C(=S)N[C@H](c3ccccn3)[C@@H]2c2cc(C)n(-c3cccc(F)c3)c2C)ccc1OC. The van der Waals surface area contributed by atoms with E-state index in [-0.39, 0.29) is 30.4 Å². The van der Waals surface area contributed by atoms with Gasteiger partial charge >= 0.3 is 0 Å². The Kier molecular flexibility index (Phi) is 7.81. The third-order valence-corrected chi connectivity index (χ3v) is 7.28. The van der Waals surface area contributed by atoms with Gasteiger partial charge in [0.1, 0.15) is 18.2 Å². The van der Waals surface area contributed by atoms with Crippen LogP contribution in [0.2, 0.25) is 0 Å². The van der Waals surface area contributed by atoms with Crippen molar-refractivity contribution in [3.8, 4) is 11.4 Å². The first-order chi connectivity index (χ1) is 19.3. The number of anilines is 2. The van der Waals surface area contributed by atoms with Crippen molar-refractivity contribution in [1.82, 2.24) is 14.9 Å². The van der Waals surface area contributed by atoms with Gasteiger partial charge in [-0.25, -0.2) is 4.39 Å². The number of rotatable bonds is 8. The Labute approximate surface area is 237 Å². The van der Waals surface area contributed by atoms with E-state index in [2.05, 4.69) is 21.7 Å². The molecule has 4 aromatic rings. The van der Waals surface area contributed by atoms with Gasteiger partial charge in [0.25, 0.3) is 0 Å². The largest absolute Gasteiger partial charge is 0.495 e. The molecular weight excluding hydrogens is 529 g/mol. The van der Waals surface area contributed by atoms with Crippen LogP contribution in [0.4, 0.5) is 15.8 Å². The number of amides is 1. The lowest BCUT2D eigenvalue weighted by Gasteiger charge is -2.29. The summed E-state index contributed by atoms with van der Waals surface area (Å²) in [7, 11) is 3.01. The highest BCUT2D eigenvalue weighted by molar-refractivity contribution is 7.80.